The molecule has 126 valence electrons. The van der Waals surface area contributed by atoms with Gasteiger partial charge in [-0.2, -0.15) is 0 Å². The SMILES string of the molecule is COc1ccccc1CC(=O)N1Cc2nnc(C3CC3)n2[C@@H](C)C1. The molecule has 1 aliphatic carbocycles. The van der Waals surface area contributed by atoms with Crippen LogP contribution in [0.5, 0.6) is 5.75 Å². The highest BCUT2D eigenvalue weighted by Crippen LogP contribution is 2.41. The second-order valence-electron chi connectivity index (χ2n) is 6.73. The van der Waals surface area contributed by atoms with Crippen LogP contribution in [0.3, 0.4) is 0 Å². The Balaban J connectivity index is 1.52. The third kappa shape index (κ3) is 2.66. The number of hydrogen-bond acceptors (Lipinski definition) is 4. The molecule has 0 saturated heterocycles. The molecule has 2 heterocycles. The van der Waals surface area contributed by atoms with Crippen molar-refractivity contribution in [3.05, 3.63) is 41.5 Å². The quantitative estimate of drug-likeness (QED) is 0.865. The van der Waals surface area contributed by atoms with E-state index in [1.807, 2.05) is 29.2 Å². The minimum Gasteiger partial charge on any atom is -0.496 e. The van der Waals surface area contributed by atoms with E-state index in [0.717, 1.165) is 23.0 Å². The first kappa shape index (κ1) is 15.2. The monoisotopic (exact) mass is 326 g/mol. The van der Waals surface area contributed by atoms with E-state index in [9.17, 15) is 4.79 Å². The van der Waals surface area contributed by atoms with Gasteiger partial charge in [-0.3, -0.25) is 4.79 Å². The Hall–Kier alpha value is -2.37. The molecule has 6 heteroatoms. The molecule has 2 aromatic rings. The van der Waals surface area contributed by atoms with Crippen molar-refractivity contribution in [3.8, 4) is 5.75 Å². The van der Waals surface area contributed by atoms with Gasteiger partial charge < -0.3 is 14.2 Å². The average Bonchev–Trinajstić information content (AvgIpc) is 3.34. The predicted octanol–water partition coefficient (Wildman–Crippen LogP) is 2.31. The van der Waals surface area contributed by atoms with Crippen LogP contribution in [0, 0.1) is 0 Å². The lowest BCUT2D eigenvalue weighted by molar-refractivity contribution is -0.132. The third-order valence-corrected chi connectivity index (χ3v) is 4.88. The van der Waals surface area contributed by atoms with E-state index in [4.69, 9.17) is 4.74 Å². The summed E-state index contributed by atoms with van der Waals surface area (Å²) in [5.41, 5.74) is 0.920. The number of carbonyl (C=O) groups excluding carboxylic acids is 1. The molecule has 4 rings (SSSR count). The van der Waals surface area contributed by atoms with Gasteiger partial charge in [-0.1, -0.05) is 18.2 Å². The lowest BCUT2D eigenvalue weighted by Gasteiger charge is -2.32. The van der Waals surface area contributed by atoms with Crippen molar-refractivity contribution in [2.24, 2.45) is 0 Å². The van der Waals surface area contributed by atoms with Crippen LogP contribution in [-0.4, -0.2) is 39.2 Å². The van der Waals surface area contributed by atoms with Gasteiger partial charge in [-0.25, -0.2) is 0 Å². The van der Waals surface area contributed by atoms with Crippen LogP contribution < -0.4 is 4.74 Å². The van der Waals surface area contributed by atoms with E-state index >= 15 is 0 Å². The molecular weight excluding hydrogens is 304 g/mol. The van der Waals surface area contributed by atoms with Gasteiger partial charge in [-0.15, -0.1) is 10.2 Å². The molecule has 0 radical (unpaired) electrons. The molecule has 1 atom stereocenters. The minimum atomic E-state index is 0.105. The molecule has 2 aliphatic rings. The van der Waals surface area contributed by atoms with E-state index in [0.29, 0.717) is 25.4 Å². The van der Waals surface area contributed by atoms with E-state index in [-0.39, 0.29) is 11.9 Å². The van der Waals surface area contributed by atoms with Crippen molar-refractivity contribution in [3.63, 3.8) is 0 Å². The summed E-state index contributed by atoms with van der Waals surface area (Å²) in [7, 11) is 1.63. The molecule has 1 aliphatic heterocycles. The van der Waals surface area contributed by atoms with Crippen LogP contribution in [0.15, 0.2) is 24.3 Å². The average molecular weight is 326 g/mol. The van der Waals surface area contributed by atoms with Crippen LogP contribution in [0.2, 0.25) is 0 Å². The topological polar surface area (TPSA) is 60.2 Å². The van der Waals surface area contributed by atoms with Gasteiger partial charge in [0.2, 0.25) is 5.91 Å². The molecule has 1 saturated carbocycles. The number of amides is 1. The molecular formula is C18H22N4O2. The van der Waals surface area contributed by atoms with Crippen LogP contribution >= 0.6 is 0 Å². The first-order valence-electron chi connectivity index (χ1n) is 8.50. The zero-order valence-electron chi connectivity index (χ0n) is 14.1. The molecule has 0 bridgehead atoms. The number of fused-ring (bicyclic) bond motifs is 1. The molecule has 1 aromatic heterocycles. The molecule has 24 heavy (non-hydrogen) atoms. The normalized spacial score (nSPS) is 19.9. The molecule has 1 aromatic carbocycles. The number of carbonyl (C=O) groups is 1. The van der Waals surface area contributed by atoms with E-state index < -0.39 is 0 Å². The molecule has 1 amide bonds. The summed E-state index contributed by atoms with van der Waals surface area (Å²) in [6.07, 6.45) is 2.77. The summed E-state index contributed by atoms with van der Waals surface area (Å²) in [5.74, 6) is 3.45. The molecule has 0 spiro atoms. The maximum atomic E-state index is 12.8. The lowest BCUT2D eigenvalue weighted by atomic mass is 10.1. The fraction of sp³-hybridized carbons (Fsp3) is 0.500. The highest BCUT2D eigenvalue weighted by Gasteiger charge is 2.35. The van der Waals surface area contributed by atoms with Crippen LogP contribution in [0.4, 0.5) is 0 Å². The Kier molecular flexibility index (Phi) is 3.75. The molecule has 0 unspecified atom stereocenters. The Bertz CT molecular complexity index is 766. The van der Waals surface area contributed by atoms with Crippen molar-refractivity contribution in [2.45, 2.75) is 44.7 Å². The van der Waals surface area contributed by atoms with E-state index in [2.05, 4.69) is 21.7 Å². The number of ether oxygens (including phenoxy) is 1. The van der Waals surface area contributed by atoms with Gasteiger partial charge in [-0.05, 0) is 25.8 Å². The van der Waals surface area contributed by atoms with Crippen molar-refractivity contribution >= 4 is 5.91 Å². The number of nitrogens with zero attached hydrogens (tertiary/aromatic N) is 4. The van der Waals surface area contributed by atoms with Crippen LogP contribution in [-0.2, 0) is 17.8 Å². The van der Waals surface area contributed by atoms with Crippen LogP contribution in [0.25, 0.3) is 0 Å². The third-order valence-electron chi connectivity index (χ3n) is 4.88. The van der Waals surface area contributed by atoms with Gasteiger partial charge in [0.25, 0.3) is 0 Å². The number of benzene rings is 1. The Labute approximate surface area is 141 Å². The smallest absolute Gasteiger partial charge is 0.227 e. The zero-order chi connectivity index (χ0) is 16.7. The van der Waals surface area contributed by atoms with Crippen molar-refractivity contribution in [1.82, 2.24) is 19.7 Å². The Morgan fingerprint density at radius 2 is 2.08 bits per heavy atom. The number of methoxy groups -OCH3 is 1. The number of hydrogen-bond donors (Lipinski definition) is 0. The first-order chi connectivity index (χ1) is 11.7. The van der Waals surface area contributed by atoms with Crippen molar-refractivity contribution < 1.29 is 9.53 Å². The van der Waals surface area contributed by atoms with Crippen LogP contribution in [0.1, 0.15) is 48.9 Å². The lowest BCUT2D eigenvalue weighted by Crippen LogP contribution is -2.41. The van der Waals surface area contributed by atoms with Gasteiger partial charge in [0.15, 0.2) is 5.82 Å². The highest BCUT2D eigenvalue weighted by atomic mass is 16.5. The Morgan fingerprint density at radius 1 is 1.29 bits per heavy atom. The standard InChI is InChI=1S/C18H22N4O2/c1-12-10-21(11-16-19-20-18(22(12)16)13-7-8-13)17(23)9-14-5-3-4-6-15(14)24-2/h3-6,12-13H,7-11H2,1-2H3/t12-/m0/s1. The molecule has 0 N–H and O–H groups in total. The zero-order valence-corrected chi connectivity index (χ0v) is 14.1. The van der Waals surface area contributed by atoms with E-state index in [1.165, 1.54) is 12.8 Å². The second kappa shape index (κ2) is 5.92. The number of aromatic nitrogens is 3. The minimum absolute atomic E-state index is 0.105. The van der Waals surface area contributed by atoms with Crippen molar-refractivity contribution in [2.75, 3.05) is 13.7 Å². The van der Waals surface area contributed by atoms with Gasteiger partial charge in [0.05, 0.1) is 26.1 Å². The highest BCUT2D eigenvalue weighted by molar-refractivity contribution is 5.79. The fourth-order valence-corrected chi connectivity index (χ4v) is 3.49. The maximum absolute atomic E-state index is 12.8. The summed E-state index contributed by atoms with van der Waals surface area (Å²) in [4.78, 5) is 14.6. The van der Waals surface area contributed by atoms with Gasteiger partial charge in [0.1, 0.15) is 11.6 Å². The summed E-state index contributed by atoms with van der Waals surface area (Å²) in [6, 6.07) is 7.90. The fourth-order valence-electron chi connectivity index (χ4n) is 3.49. The maximum Gasteiger partial charge on any atom is 0.227 e. The summed E-state index contributed by atoms with van der Waals surface area (Å²) in [6.45, 7) is 3.39. The van der Waals surface area contributed by atoms with E-state index in [1.54, 1.807) is 7.11 Å². The predicted molar refractivity (Wildman–Crippen MR) is 88.8 cm³/mol. The molecule has 6 nitrogen and oxygen atoms in total. The van der Waals surface area contributed by atoms with Crippen molar-refractivity contribution in [1.29, 1.82) is 0 Å². The second-order valence-corrected chi connectivity index (χ2v) is 6.73. The van der Waals surface area contributed by atoms with Gasteiger partial charge >= 0.3 is 0 Å². The van der Waals surface area contributed by atoms with Gasteiger partial charge in [0, 0.05) is 18.0 Å². The summed E-state index contributed by atoms with van der Waals surface area (Å²) in [5, 5.41) is 8.71. The number of rotatable bonds is 4. The number of para-hydroxylation sites is 1. The Morgan fingerprint density at radius 3 is 2.83 bits per heavy atom. The summed E-state index contributed by atoms with van der Waals surface area (Å²) >= 11 is 0. The summed E-state index contributed by atoms with van der Waals surface area (Å²) < 4.78 is 7.59. The first-order valence-corrected chi connectivity index (χ1v) is 8.50. The largest absolute Gasteiger partial charge is 0.496 e. The molecule has 1 fully saturated rings.